The van der Waals surface area contributed by atoms with Gasteiger partial charge >= 0.3 is 12.1 Å². The van der Waals surface area contributed by atoms with E-state index in [0.717, 1.165) is 10.5 Å². The summed E-state index contributed by atoms with van der Waals surface area (Å²) in [5, 5.41) is 8.44. The van der Waals surface area contributed by atoms with E-state index in [0.29, 0.717) is 17.7 Å². The van der Waals surface area contributed by atoms with Gasteiger partial charge in [0, 0.05) is 4.47 Å². The summed E-state index contributed by atoms with van der Waals surface area (Å²) in [4.78, 5) is 22.9. The number of ether oxygens (including phenoxy) is 1. The lowest BCUT2D eigenvalue weighted by Crippen LogP contribution is -2.24. The number of hydrogen-bond donors (Lipinski definition) is 1. The highest BCUT2D eigenvalue weighted by molar-refractivity contribution is 9.10. The monoisotopic (exact) mass is 449 g/mol. The molecule has 0 spiro atoms. The largest absolute Gasteiger partial charge is 0.481 e. The number of nitrogens with zero attached hydrogens (tertiary/aromatic N) is 1. The zero-order valence-corrected chi connectivity index (χ0v) is 15.1. The van der Waals surface area contributed by atoms with Gasteiger partial charge in [0.25, 0.3) is 5.91 Å². The van der Waals surface area contributed by atoms with E-state index < -0.39 is 48.1 Å². The lowest BCUT2D eigenvalue weighted by atomic mass is 10.1. The van der Waals surface area contributed by atoms with Gasteiger partial charge in [0.05, 0.1) is 17.7 Å². The Bertz CT molecular complexity index is 840. The van der Waals surface area contributed by atoms with Gasteiger partial charge in [-0.05, 0) is 35.9 Å². The molecule has 0 aliphatic carbocycles. The molecule has 10 heteroatoms. The molecule has 0 atom stereocenters. The summed E-state index contributed by atoms with van der Waals surface area (Å²) in [6.45, 7) is -1.44. The molecule has 1 amide bonds. The van der Waals surface area contributed by atoms with Crippen molar-refractivity contribution < 1.29 is 37.1 Å². The van der Waals surface area contributed by atoms with E-state index in [2.05, 4.69) is 15.9 Å². The van der Waals surface area contributed by atoms with Crippen molar-refractivity contribution in [2.24, 2.45) is 0 Å². The smallest absolute Gasteiger partial charge is 0.416 e. The molecule has 0 saturated carbocycles. The molecule has 27 heavy (non-hydrogen) atoms. The SMILES string of the molecule is O=C(O)COc1cc(C(F)(F)F)ccc1C(=O)N(F)Cc1ccc(Br)cc1. The van der Waals surface area contributed by atoms with Crippen LogP contribution >= 0.6 is 15.9 Å². The van der Waals surface area contributed by atoms with Gasteiger partial charge in [-0.25, -0.2) is 4.79 Å². The van der Waals surface area contributed by atoms with Crippen molar-refractivity contribution in [3.8, 4) is 5.75 Å². The number of carbonyl (C=O) groups excluding carboxylic acids is 1. The number of hydrogen-bond acceptors (Lipinski definition) is 3. The second-order valence-corrected chi connectivity index (χ2v) is 6.26. The molecule has 0 saturated heterocycles. The number of carbonyl (C=O) groups is 2. The van der Waals surface area contributed by atoms with Crippen LogP contribution in [0, 0.1) is 0 Å². The van der Waals surface area contributed by atoms with Gasteiger partial charge in [-0.3, -0.25) is 4.79 Å². The Hall–Kier alpha value is -2.62. The predicted octanol–water partition coefficient (Wildman–Crippen LogP) is 4.46. The van der Waals surface area contributed by atoms with Crippen molar-refractivity contribution in [1.29, 1.82) is 0 Å². The van der Waals surface area contributed by atoms with Gasteiger partial charge in [0.15, 0.2) is 6.61 Å². The fourth-order valence-electron chi connectivity index (χ4n) is 2.09. The van der Waals surface area contributed by atoms with Crippen LogP contribution in [-0.2, 0) is 17.5 Å². The Morgan fingerprint density at radius 1 is 1.11 bits per heavy atom. The van der Waals surface area contributed by atoms with Crippen LogP contribution in [0.15, 0.2) is 46.9 Å². The number of rotatable bonds is 6. The van der Waals surface area contributed by atoms with Crippen LogP contribution in [0.5, 0.6) is 5.75 Å². The normalized spacial score (nSPS) is 11.1. The summed E-state index contributed by atoms with van der Waals surface area (Å²) in [5.74, 6) is -3.39. The number of carboxylic acid groups (broad SMARTS) is 1. The highest BCUT2D eigenvalue weighted by Gasteiger charge is 2.32. The Balaban J connectivity index is 2.29. The lowest BCUT2D eigenvalue weighted by Gasteiger charge is -2.16. The van der Waals surface area contributed by atoms with E-state index in [1.807, 2.05) is 0 Å². The van der Waals surface area contributed by atoms with Crippen molar-refractivity contribution in [2.45, 2.75) is 12.7 Å². The highest BCUT2D eigenvalue weighted by Crippen LogP contribution is 2.33. The summed E-state index contributed by atoms with van der Waals surface area (Å²) >= 11 is 3.21. The Morgan fingerprint density at radius 2 is 1.74 bits per heavy atom. The Morgan fingerprint density at radius 3 is 2.30 bits per heavy atom. The minimum Gasteiger partial charge on any atom is -0.481 e. The van der Waals surface area contributed by atoms with Crippen molar-refractivity contribution in [3.05, 3.63) is 63.6 Å². The number of benzene rings is 2. The van der Waals surface area contributed by atoms with Crippen LogP contribution in [0.2, 0.25) is 0 Å². The first-order valence-electron chi connectivity index (χ1n) is 7.36. The van der Waals surface area contributed by atoms with Crippen molar-refractivity contribution in [2.75, 3.05) is 6.61 Å². The molecule has 0 unspecified atom stereocenters. The van der Waals surface area contributed by atoms with Gasteiger partial charge in [-0.2, -0.15) is 18.3 Å². The van der Waals surface area contributed by atoms with Gasteiger partial charge in [-0.15, -0.1) is 0 Å². The number of aliphatic carboxylic acids is 1. The second kappa shape index (κ2) is 8.38. The summed E-state index contributed by atoms with van der Waals surface area (Å²) in [7, 11) is 0. The van der Waals surface area contributed by atoms with E-state index in [1.54, 1.807) is 24.3 Å². The van der Waals surface area contributed by atoms with Crippen LogP contribution in [0.25, 0.3) is 0 Å². The molecule has 0 bridgehead atoms. The second-order valence-electron chi connectivity index (χ2n) is 5.34. The molecule has 5 nitrogen and oxygen atoms in total. The number of halogens is 5. The van der Waals surface area contributed by atoms with E-state index in [4.69, 9.17) is 9.84 Å². The van der Waals surface area contributed by atoms with E-state index in [9.17, 15) is 27.2 Å². The van der Waals surface area contributed by atoms with Gasteiger partial charge in [-0.1, -0.05) is 32.5 Å². The topological polar surface area (TPSA) is 66.8 Å². The molecular formula is C17H12BrF4NO4. The third-order valence-corrected chi connectivity index (χ3v) is 3.87. The van der Waals surface area contributed by atoms with Crippen LogP contribution in [-0.4, -0.2) is 28.7 Å². The third kappa shape index (κ3) is 5.68. The van der Waals surface area contributed by atoms with Gasteiger partial charge in [0.2, 0.25) is 0 Å². The maximum absolute atomic E-state index is 14.3. The first-order chi connectivity index (χ1) is 12.6. The standard InChI is InChI=1S/C17H12BrF4NO4/c18-12-4-1-10(2-5-12)8-23(22)16(26)13-6-3-11(17(19,20)21)7-14(13)27-9-15(24)25/h1-7H,8-9H2,(H,24,25). The van der Waals surface area contributed by atoms with Crippen molar-refractivity contribution in [1.82, 2.24) is 5.12 Å². The molecule has 0 heterocycles. The lowest BCUT2D eigenvalue weighted by molar-refractivity contribution is -0.139. The summed E-state index contributed by atoms with van der Waals surface area (Å²) in [5.41, 5.74) is -1.24. The maximum atomic E-state index is 14.3. The van der Waals surface area contributed by atoms with Crippen LogP contribution in [0.1, 0.15) is 21.5 Å². The Labute approximate surface area is 159 Å². The predicted molar refractivity (Wildman–Crippen MR) is 89.7 cm³/mol. The van der Waals surface area contributed by atoms with Crippen LogP contribution in [0.4, 0.5) is 17.7 Å². The minimum absolute atomic E-state index is 0.195. The average Bonchev–Trinajstić information content (AvgIpc) is 2.60. The van der Waals surface area contributed by atoms with E-state index >= 15 is 0 Å². The van der Waals surface area contributed by atoms with Crippen LogP contribution < -0.4 is 4.74 Å². The molecule has 1 N–H and O–H groups in total. The third-order valence-electron chi connectivity index (χ3n) is 3.35. The molecule has 0 aliphatic heterocycles. The molecule has 0 aromatic heterocycles. The zero-order chi connectivity index (χ0) is 20.2. The molecular weight excluding hydrogens is 438 g/mol. The van der Waals surface area contributed by atoms with Crippen molar-refractivity contribution >= 4 is 27.8 Å². The molecule has 144 valence electrons. The molecule has 2 rings (SSSR count). The molecule has 0 fully saturated rings. The van der Waals surface area contributed by atoms with Crippen molar-refractivity contribution in [3.63, 3.8) is 0 Å². The van der Waals surface area contributed by atoms with E-state index in [1.165, 1.54) is 0 Å². The summed E-state index contributed by atoms with van der Waals surface area (Å²) in [6, 6.07) is 8.17. The fourth-order valence-corrected chi connectivity index (χ4v) is 2.35. The van der Waals surface area contributed by atoms with E-state index in [-0.39, 0.29) is 5.12 Å². The maximum Gasteiger partial charge on any atom is 0.416 e. The highest BCUT2D eigenvalue weighted by atomic mass is 79.9. The molecule has 0 radical (unpaired) electrons. The average molecular weight is 450 g/mol. The van der Waals surface area contributed by atoms with Crippen LogP contribution in [0.3, 0.4) is 0 Å². The first kappa shape index (κ1) is 20.7. The zero-order valence-electron chi connectivity index (χ0n) is 13.5. The number of alkyl halides is 3. The fraction of sp³-hybridized carbons (Fsp3) is 0.176. The summed E-state index contributed by atoms with van der Waals surface area (Å²) in [6.07, 6.45) is -4.74. The first-order valence-corrected chi connectivity index (χ1v) is 8.15. The van der Waals surface area contributed by atoms with Gasteiger partial charge < -0.3 is 9.84 Å². The molecule has 2 aromatic rings. The van der Waals surface area contributed by atoms with Gasteiger partial charge in [0.1, 0.15) is 5.75 Å². The molecule has 2 aromatic carbocycles. The Kier molecular flexibility index (Phi) is 6.42. The number of carboxylic acids is 1. The molecule has 0 aliphatic rings. The quantitative estimate of drug-likeness (QED) is 0.522. The number of amides is 1. The minimum atomic E-state index is -4.74. The summed E-state index contributed by atoms with van der Waals surface area (Å²) < 4.78 is 58.3.